The summed E-state index contributed by atoms with van der Waals surface area (Å²) in [5, 5.41) is 3.39. The Balaban J connectivity index is 2.09. The first kappa shape index (κ1) is 11.4. The van der Waals surface area contributed by atoms with Gasteiger partial charge < -0.3 is 5.32 Å². The highest BCUT2D eigenvalue weighted by Gasteiger charge is 2.23. The molecule has 18 heavy (non-hydrogen) atoms. The Morgan fingerprint density at radius 3 is 2.83 bits per heavy atom. The van der Waals surface area contributed by atoms with Crippen LogP contribution in [0.4, 0.5) is 0 Å². The van der Waals surface area contributed by atoms with E-state index < -0.39 is 0 Å². The lowest BCUT2D eigenvalue weighted by molar-refractivity contribution is 0.590. The van der Waals surface area contributed by atoms with Gasteiger partial charge in [-0.15, -0.1) is 0 Å². The van der Waals surface area contributed by atoms with Gasteiger partial charge in [0.2, 0.25) is 0 Å². The van der Waals surface area contributed by atoms with Gasteiger partial charge in [-0.2, -0.15) is 0 Å². The molecule has 2 nitrogen and oxygen atoms in total. The second-order valence-electron chi connectivity index (χ2n) is 4.94. The topological polar surface area (TPSA) is 24.9 Å². The Bertz CT molecular complexity index is 558. The number of aromatic nitrogens is 1. The molecule has 0 spiro atoms. The monoisotopic (exact) mass is 238 g/mol. The number of hydrogen-bond acceptors (Lipinski definition) is 2. The molecule has 1 heterocycles. The van der Waals surface area contributed by atoms with Crippen molar-refractivity contribution in [3.05, 3.63) is 53.3 Å². The minimum absolute atomic E-state index is 0.512. The van der Waals surface area contributed by atoms with E-state index in [0.29, 0.717) is 6.04 Å². The van der Waals surface area contributed by atoms with Crippen molar-refractivity contribution in [1.29, 1.82) is 0 Å². The predicted molar refractivity (Wildman–Crippen MR) is 74.5 cm³/mol. The first-order chi connectivity index (χ1) is 8.79. The molecule has 0 aliphatic heterocycles. The molecule has 2 aromatic rings. The molecule has 1 N–H and O–H groups in total. The molecular formula is C16H18N2. The summed E-state index contributed by atoms with van der Waals surface area (Å²) in [6.45, 7) is 2.02. The zero-order valence-corrected chi connectivity index (χ0v) is 10.9. The molecule has 1 aliphatic carbocycles. The predicted octanol–water partition coefficient (Wildman–Crippen LogP) is 3.26. The first-order valence-electron chi connectivity index (χ1n) is 6.51. The van der Waals surface area contributed by atoms with Crippen molar-refractivity contribution in [2.75, 3.05) is 7.05 Å². The minimum atomic E-state index is 0.512. The van der Waals surface area contributed by atoms with Gasteiger partial charge in [0.25, 0.3) is 0 Å². The van der Waals surface area contributed by atoms with Crippen molar-refractivity contribution in [1.82, 2.24) is 10.3 Å². The number of nitrogens with zero attached hydrogens (tertiary/aromatic N) is 1. The molecule has 1 aliphatic rings. The summed E-state index contributed by atoms with van der Waals surface area (Å²) in [6, 6.07) is 11.4. The number of aryl methyl sites for hydroxylation is 1. The first-order valence-corrected chi connectivity index (χ1v) is 6.51. The summed E-state index contributed by atoms with van der Waals surface area (Å²) < 4.78 is 0. The van der Waals surface area contributed by atoms with Crippen molar-refractivity contribution in [3.8, 4) is 11.1 Å². The number of fused-ring (bicyclic) bond motifs is 1. The van der Waals surface area contributed by atoms with E-state index in [9.17, 15) is 0 Å². The van der Waals surface area contributed by atoms with Crippen LogP contribution in [-0.2, 0) is 6.42 Å². The molecule has 92 valence electrons. The lowest BCUT2D eigenvalue weighted by Crippen LogP contribution is -2.12. The third kappa shape index (κ3) is 1.83. The fourth-order valence-corrected chi connectivity index (χ4v) is 2.85. The molecule has 2 heteroatoms. The highest BCUT2D eigenvalue weighted by Crippen LogP contribution is 2.37. The molecule has 1 aromatic heterocycles. The fourth-order valence-electron chi connectivity index (χ4n) is 2.85. The van der Waals surface area contributed by atoms with Crippen molar-refractivity contribution in [2.24, 2.45) is 0 Å². The zero-order valence-electron chi connectivity index (χ0n) is 10.9. The van der Waals surface area contributed by atoms with Crippen molar-refractivity contribution < 1.29 is 0 Å². The van der Waals surface area contributed by atoms with E-state index >= 15 is 0 Å². The lowest BCUT2D eigenvalue weighted by Gasteiger charge is -2.12. The standard InChI is InChI=1S/C16H18N2/c1-11-6-7-12(10-18-11)13-4-3-5-15-14(13)8-9-16(15)17-2/h3-7,10,16-17H,8-9H2,1-2H3. The number of pyridine rings is 1. The van der Waals surface area contributed by atoms with Gasteiger partial charge in [0.05, 0.1) is 0 Å². The van der Waals surface area contributed by atoms with Crippen LogP contribution >= 0.6 is 0 Å². The Labute approximate surface area is 108 Å². The van der Waals surface area contributed by atoms with Crippen LogP contribution < -0.4 is 5.32 Å². The largest absolute Gasteiger partial charge is 0.313 e. The van der Waals surface area contributed by atoms with E-state index in [1.807, 2.05) is 20.2 Å². The summed E-state index contributed by atoms with van der Waals surface area (Å²) in [4.78, 5) is 4.40. The number of rotatable bonds is 2. The molecule has 1 unspecified atom stereocenters. The molecule has 0 radical (unpaired) electrons. The van der Waals surface area contributed by atoms with Crippen molar-refractivity contribution in [3.63, 3.8) is 0 Å². The second kappa shape index (κ2) is 4.54. The van der Waals surface area contributed by atoms with Crippen LogP contribution in [0.25, 0.3) is 11.1 Å². The average Bonchev–Trinajstić information content (AvgIpc) is 2.82. The highest BCUT2D eigenvalue weighted by molar-refractivity contribution is 5.69. The summed E-state index contributed by atoms with van der Waals surface area (Å²) >= 11 is 0. The van der Waals surface area contributed by atoms with Gasteiger partial charge in [-0.05, 0) is 49.6 Å². The minimum Gasteiger partial charge on any atom is -0.313 e. The average molecular weight is 238 g/mol. The van der Waals surface area contributed by atoms with E-state index in [-0.39, 0.29) is 0 Å². The number of hydrogen-bond donors (Lipinski definition) is 1. The van der Waals surface area contributed by atoms with Gasteiger partial charge in [0.1, 0.15) is 0 Å². The van der Waals surface area contributed by atoms with Crippen LogP contribution in [0.1, 0.15) is 29.3 Å². The maximum absolute atomic E-state index is 4.40. The Kier molecular flexibility index (Phi) is 2.88. The van der Waals surface area contributed by atoms with Crippen LogP contribution in [0.2, 0.25) is 0 Å². The van der Waals surface area contributed by atoms with Gasteiger partial charge in [0.15, 0.2) is 0 Å². The van der Waals surface area contributed by atoms with Gasteiger partial charge in [-0.3, -0.25) is 4.98 Å². The maximum atomic E-state index is 4.40. The van der Waals surface area contributed by atoms with Crippen molar-refractivity contribution >= 4 is 0 Å². The number of benzene rings is 1. The van der Waals surface area contributed by atoms with Crippen LogP contribution in [-0.4, -0.2) is 12.0 Å². The third-order valence-corrected chi connectivity index (χ3v) is 3.84. The Morgan fingerprint density at radius 2 is 2.11 bits per heavy atom. The smallest absolute Gasteiger partial charge is 0.0373 e. The van der Waals surface area contributed by atoms with Gasteiger partial charge >= 0.3 is 0 Å². The number of nitrogens with one attached hydrogen (secondary N) is 1. The van der Waals surface area contributed by atoms with E-state index in [0.717, 1.165) is 12.1 Å². The highest BCUT2D eigenvalue weighted by atomic mass is 14.9. The van der Waals surface area contributed by atoms with Gasteiger partial charge in [-0.25, -0.2) is 0 Å². The van der Waals surface area contributed by atoms with Crippen LogP contribution in [0.15, 0.2) is 36.5 Å². The molecule has 0 amide bonds. The summed E-state index contributed by atoms with van der Waals surface area (Å²) in [5.41, 5.74) is 6.59. The molecule has 3 rings (SSSR count). The van der Waals surface area contributed by atoms with Gasteiger partial charge in [-0.1, -0.05) is 24.3 Å². The normalized spacial score (nSPS) is 17.8. The van der Waals surface area contributed by atoms with E-state index in [1.54, 1.807) is 0 Å². The Hall–Kier alpha value is -1.67. The molecule has 0 saturated carbocycles. The fraction of sp³-hybridized carbons (Fsp3) is 0.312. The molecule has 0 saturated heterocycles. The zero-order chi connectivity index (χ0) is 12.5. The SMILES string of the molecule is CNC1CCc2c(-c3ccc(C)nc3)cccc21. The van der Waals surface area contributed by atoms with Crippen molar-refractivity contribution in [2.45, 2.75) is 25.8 Å². The van der Waals surface area contributed by atoms with Crippen LogP contribution in [0.5, 0.6) is 0 Å². The summed E-state index contributed by atoms with van der Waals surface area (Å²) in [5.74, 6) is 0. The summed E-state index contributed by atoms with van der Waals surface area (Å²) in [6.07, 6.45) is 4.34. The molecule has 0 bridgehead atoms. The quantitative estimate of drug-likeness (QED) is 0.868. The van der Waals surface area contributed by atoms with Crippen LogP contribution in [0.3, 0.4) is 0 Å². The van der Waals surface area contributed by atoms with E-state index in [2.05, 4.69) is 40.6 Å². The van der Waals surface area contributed by atoms with Crippen LogP contribution in [0, 0.1) is 6.92 Å². The van der Waals surface area contributed by atoms with E-state index in [4.69, 9.17) is 0 Å². The molecule has 0 fully saturated rings. The molecule has 1 atom stereocenters. The summed E-state index contributed by atoms with van der Waals surface area (Å²) in [7, 11) is 2.04. The maximum Gasteiger partial charge on any atom is 0.0373 e. The Morgan fingerprint density at radius 1 is 1.22 bits per heavy atom. The van der Waals surface area contributed by atoms with E-state index in [1.165, 1.54) is 28.7 Å². The second-order valence-corrected chi connectivity index (χ2v) is 4.94. The van der Waals surface area contributed by atoms with Gasteiger partial charge in [0, 0.05) is 23.5 Å². The lowest BCUT2D eigenvalue weighted by atomic mass is 9.97. The third-order valence-electron chi connectivity index (χ3n) is 3.84. The molecular weight excluding hydrogens is 220 g/mol. The molecule has 1 aromatic carbocycles.